The van der Waals surface area contributed by atoms with Crippen LogP contribution < -0.4 is 5.32 Å². The van der Waals surface area contributed by atoms with Crippen molar-refractivity contribution in [3.05, 3.63) is 98.0 Å². The number of esters is 1. The number of halogens is 3. The molecule has 3 aromatic carbocycles. The van der Waals surface area contributed by atoms with Crippen LogP contribution >= 0.6 is 34.8 Å². The van der Waals surface area contributed by atoms with Crippen molar-refractivity contribution < 1.29 is 22.7 Å². The lowest BCUT2D eigenvalue weighted by molar-refractivity contribution is -0.124. The first-order valence-corrected chi connectivity index (χ1v) is 13.5. The van der Waals surface area contributed by atoms with Crippen molar-refractivity contribution in [2.45, 2.75) is 24.4 Å². The van der Waals surface area contributed by atoms with E-state index >= 15 is 0 Å². The van der Waals surface area contributed by atoms with E-state index < -0.39 is 28.5 Å². The molecular weight excluding hydrogens is 547 g/mol. The van der Waals surface area contributed by atoms with Crippen LogP contribution in [0.15, 0.2) is 65.6 Å². The topological polar surface area (TPSA) is 92.8 Å². The number of carbonyl (C=O) groups excluding carboxylic acids is 2. The van der Waals surface area contributed by atoms with Crippen LogP contribution in [0.4, 0.5) is 0 Å². The molecule has 0 spiro atoms. The summed E-state index contributed by atoms with van der Waals surface area (Å²) in [5, 5.41) is 3.45. The minimum atomic E-state index is -3.98. The number of nitrogens with zero attached hydrogens (tertiary/aromatic N) is 1. The maximum Gasteiger partial charge on any atom is 0.338 e. The smallest absolute Gasteiger partial charge is 0.338 e. The highest BCUT2D eigenvalue weighted by atomic mass is 35.5. The van der Waals surface area contributed by atoms with Gasteiger partial charge < -0.3 is 10.1 Å². The van der Waals surface area contributed by atoms with Crippen LogP contribution in [-0.4, -0.2) is 37.8 Å². The molecular formula is C25H21Cl3N2O5S. The Hall–Kier alpha value is -2.62. The molecule has 11 heteroatoms. The third kappa shape index (κ3) is 6.02. The number of fused-ring (bicyclic) bond motifs is 1. The molecule has 1 aliphatic heterocycles. The second-order valence-electron chi connectivity index (χ2n) is 8.09. The molecule has 1 heterocycles. The van der Waals surface area contributed by atoms with Crippen LogP contribution in [0.1, 0.15) is 27.0 Å². The van der Waals surface area contributed by atoms with Crippen LogP contribution in [-0.2, 0) is 39.1 Å². The quantitative estimate of drug-likeness (QED) is 0.412. The SMILES string of the molecule is O=C(COC(=O)c1ccc(Cl)c(S(=O)(=O)N2CCc3ccccc3C2)c1)NCc1ccc(Cl)cc1Cl. The first kappa shape index (κ1) is 26.4. The van der Waals surface area contributed by atoms with E-state index in [1.54, 1.807) is 18.2 Å². The number of carbonyl (C=O) groups is 2. The Labute approximate surface area is 224 Å². The Morgan fingerprint density at radius 3 is 2.44 bits per heavy atom. The summed E-state index contributed by atoms with van der Waals surface area (Å²) in [6.45, 7) is 0.0653. The van der Waals surface area contributed by atoms with E-state index in [1.807, 2.05) is 24.3 Å². The van der Waals surface area contributed by atoms with Gasteiger partial charge in [0.15, 0.2) is 6.61 Å². The van der Waals surface area contributed by atoms with Crippen molar-refractivity contribution in [3.63, 3.8) is 0 Å². The summed E-state index contributed by atoms with van der Waals surface area (Å²) in [5.41, 5.74) is 2.63. The summed E-state index contributed by atoms with van der Waals surface area (Å²) in [6.07, 6.45) is 0.575. The van der Waals surface area contributed by atoms with Gasteiger partial charge in [-0.3, -0.25) is 4.79 Å². The number of nitrogens with one attached hydrogen (secondary N) is 1. The lowest BCUT2D eigenvalue weighted by Gasteiger charge is -2.28. The molecule has 7 nitrogen and oxygen atoms in total. The summed E-state index contributed by atoms with van der Waals surface area (Å²) >= 11 is 18.2. The summed E-state index contributed by atoms with van der Waals surface area (Å²) in [5.74, 6) is -1.41. The molecule has 0 atom stereocenters. The van der Waals surface area contributed by atoms with Gasteiger partial charge in [-0.25, -0.2) is 13.2 Å². The van der Waals surface area contributed by atoms with Crippen LogP contribution in [0.2, 0.25) is 15.1 Å². The second kappa shape index (κ2) is 11.2. The first-order chi connectivity index (χ1) is 17.1. The number of hydrogen-bond donors (Lipinski definition) is 1. The normalized spacial score (nSPS) is 13.6. The number of hydrogen-bond acceptors (Lipinski definition) is 5. The average molecular weight is 568 g/mol. The Bertz CT molecular complexity index is 1430. The zero-order valence-corrected chi connectivity index (χ0v) is 21.9. The van der Waals surface area contributed by atoms with Gasteiger partial charge in [0.2, 0.25) is 10.0 Å². The van der Waals surface area contributed by atoms with E-state index in [-0.39, 0.29) is 28.6 Å². The molecule has 0 fully saturated rings. The minimum absolute atomic E-state index is 0.0111. The maximum absolute atomic E-state index is 13.3. The Kier molecular flexibility index (Phi) is 8.22. The fourth-order valence-electron chi connectivity index (χ4n) is 3.77. The minimum Gasteiger partial charge on any atom is -0.452 e. The van der Waals surface area contributed by atoms with E-state index in [0.29, 0.717) is 28.6 Å². The number of sulfonamides is 1. The van der Waals surface area contributed by atoms with Crippen LogP contribution in [0.25, 0.3) is 0 Å². The van der Waals surface area contributed by atoms with Crippen molar-refractivity contribution in [3.8, 4) is 0 Å². The van der Waals surface area contributed by atoms with Gasteiger partial charge in [0.05, 0.1) is 10.6 Å². The highest BCUT2D eigenvalue weighted by molar-refractivity contribution is 7.89. The van der Waals surface area contributed by atoms with Gasteiger partial charge in [-0.05, 0) is 53.4 Å². The molecule has 4 rings (SSSR count). The van der Waals surface area contributed by atoms with Crippen molar-refractivity contribution in [2.75, 3.05) is 13.2 Å². The lowest BCUT2D eigenvalue weighted by atomic mass is 10.0. The largest absolute Gasteiger partial charge is 0.452 e. The van der Waals surface area contributed by atoms with Gasteiger partial charge in [0.1, 0.15) is 4.90 Å². The van der Waals surface area contributed by atoms with Gasteiger partial charge in [-0.1, -0.05) is 65.1 Å². The molecule has 0 aliphatic carbocycles. The van der Waals surface area contributed by atoms with Crippen molar-refractivity contribution in [1.82, 2.24) is 9.62 Å². The van der Waals surface area contributed by atoms with Gasteiger partial charge in [-0.15, -0.1) is 0 Å². The van der Waals surface area contributed by atoms with Gasteiger partial charge >= 0.3 is 5.97 Å². The Balaban J connectivity index is 1.40. The predicted molar refractivity (Wildman–Crippen MR) is 138 cm³/mol. The second-order valence-corrected chi connectivity index (χ2v) is 11.2. The molecule has 0 saturated heterocycles. The van der Waals surface area contributed by atoms with Gasteiger partial charge in [0.25, 0.3) is 5.91 Å². The zero-order valence-electron chi connectivity index (χ0n) is 18.8. The van der Waals surface area contributed by atoms with E-state index in [2.05, 4.69) is 5.32 Å². The average Bonchev–Trinajstić information content (AvgIpc) is 2.86. The van der Waals surface area contributed by atoms with E-state index in [4.69, 9.17) is 39.5 Å². The molecule has 1 N–H and O–H groups in total. The van der Waals surface area contributed by atoms with Crippen molar-refractivity contribution >= 4 is 56.7 Å². The molecule has 1 amide bonds. The highest BCUT2D eigenvalue weighted by Gasteiger charge is 2.30. The predicted octanol–water partition coefficient (Wildman–Crippen LogP) is 4.87. The standard InChI is InChI=1S/C25H21Cl3N2O5S/c26-20-7-5-18(22(28)12-20)13-29-24(31)15-35-25(32)17-6-8-21(27)23(11-17)36(33,34)30-10-9-16-3-1-2-4-19(16)14-30/h1-8,11-12H,9-10,13-15H2,(H,29,31). The number of amides is 1. The van der Waals surface area contributed by atoms with E-state index in [9.17, 15) is 18.0 Å². The Morgan fingerprint density at radius 2 is 1.69 bits per heavy atom. The fraction of sp³-hybridized carbons (Fsp3) is 0.200. The molecule has 188 valence electrons. The third-order valence-corrected chi connectivity index (χ3v) is 8.62. The monoisotopic (exact) mass is 566 g/mol. The number of rotatable bonds is 7. The highest BCUT2D eigenvalue weighted by Crippen LogP contribution is 2.30. The van der Waals surface area contributed by atoms with Crippen LogP contribution in [0.3, 0.4) is 0 Å². The number of benzene rings is 3. The molecule has 0 saturated carbocycles. The van der Waals surface area contributed by atoms with Gasteiger partial charge in [-0.2, -0.15) is 4.31 Å². The maximum atomic E-state index is 13.3. The third-order valence-electron chi connectivity index (χ3n) is 5.71. The number of ether oxygens (including phenoxy) is 1. The van der Waals surface area contributed by atoms with Crippen LogP contribution in [0, 0.1) is 0 Å². The Morgan fingerprint density at radius 1 is 0.944 bits per heavy atom. The van der Waals surface area contributed by atoms with Crippen molar-refractivity contribution in [1.29, 1.82) is 0 Å². The van der Waals surface area contributed by atoms with E-state index in [0.717, 1.165) is 11.1 Å². The summed E-state index contributed by atoms with van der Waals surface area (Å²) < 4.78 is 33.1. The van der Waals surface area contributed by atoms with E-state index in [1.165, 1.54) is 22.5 Å². The van der Waals surface area contributed by atoms with Crippen LogP contribution in [0.5, 0.6) is 0 Å². The molecule has 1 aliphatic rings. The molecule has 0 radical (unpaired) electrons. The lowest BCUT2D eigenvalue weighted by Crippen LogP contribution is -2.36. The molecule has 0 aromatic heterocycles. The molecule has 3 aromatic rings. The summed E-state index contributed by atoms with van der Waals surface area (Å²) in [7, 11) is -3.98. The van der Waals surface area contributed by atoms with Gasteiger partial charge in [0, 0.05) is 29.7 Å². The summed E-state index contributed by atoms with van der Waals surface area (Å²) in [6, 6.07) is 16.4. The van der Waals surface area contributed by atoms with Crippen molar-refractivity contribution in [2.24, 2.45) is 0 Å². The molecule has 36 heavy (non-hydrogen) atoms. The fourth-order valence-corrected chi connectivity index (χ4v) is 6.16. The molecule has 0 bridgehead atoms. The summed E-state index contributed by atoms with van der Waals surface area (Å²) in [4.78, 5) is 24.5. The first-order valence-electron chi connectivity index (χ1n) is 10.9. The zero-order chi connectivity index (χ0) is 25.9. The molecule has 0 unspecified atom stereocenters.